The van der Waals surface area contributed by atoms with Crippen molar-refractivity contribution in [1.29, 1.82) is 0 Å². The first kappa shape index (κ1) is 23.1. The van der Waals surface area contributed by atoms with Crippen LogP contribution in [-0.2, 0) is 6.54 Å². The normalized spacial score (nSPS) is 11.8. The van der Waals surface area contributed by atoms with Gasteiger partial charge in [0.15, 0.2) is 5.65 Å². The van der Waals surface area contributed by atoms with Gasteiger partial charge in [-0.3, -0.25) is 4.79 Å². The molecule has 0 saturated carbocycles. The first-order valence-corrected chi connectivity index (χ1v) is 11.1. The summed E-state index contributed by atoms with van der Waals surface area (Å²) in [6, 6.07) is 17.7. The highest BCUT2D eigenvalue weighted by Crippen LogP contribution is 2.26. The molecule has 0 aliphatic rings. The predicted molar refractivity (Wildman–Crippen MR) is 133 cm³/mol. The van der Waals surface area contributed by atoms with E-state index in [1.807, 2.05) is 49.5 Å². The van der Waals surface area contributed by atoms with Gasteiger partial charge in [-0.25, -0.2) is 9.67 Å². The number of hydrogen-bond donors (Lipinski definition) is 1. The second-order valence-electron chi connectivity index (χ2n) is 8.12. The maximum atomic E-state index is 12.8. The average molecular weight is 460 g/mol. The zero-order valence-corrected chi connectivity index (χ0v) is 19.9. The predicted octanol–water partition coefficient (Wildman–Crippen LogP) is 3.75. The lowest BCUT2D eigenvalue weighted by Gasteiger charge is -2.27. The van der Waals surface area contributed by atoms with Crippen molar-refractivity contribution in [3.63, 3.8) is 0 Å². The van der Waals surface area contributed by atoms with Gasteiger partial charge in [0.1, 0.15) is 11.5 Å². The summed E-state index contributed by atoms with van der Waals surface area (Å²) in [5.41, 5.74) is 3.26. The lowest BCUT2D eigenvalue weighted by atomic mass is 10.2. The number of nitrogens with zero attached hydrogens (tertiary/aromatic N) is 4. The van der Waals surface area contributed by atoms with Crippen LogP contribution < -0.4 is 19.7 Å². The maximum absolute atomic E-state index is 12.8. The molecule has 1 unspecified atom stereocenters. The SMILES string of the molecule is COc1ccc(Cn2ncc3cc(C(=O)NCC(C)N(C)c4ccccc4)cnc32)c(OC)c1. The number of ether oxygens (including phenoxy) is 2. The van der Waals surface area contributed by atoms with Gasteiger partial charge < -0.3 is 19.7 Å². The minimum Gasteiger partial charge on any atom is -0.497 e. The third kappa shape index (κ3) is 4.96. The zero-order valence-electron chi connectivity index (χ0n) is 19.9. The van der Waals surface area contributed by atoms with Gasteiger partial charge in [-0.15, -0.1) is 0 Å². The van der Waals surface area contributed by atoms with Crippen molar-refractivity contribution in [2.24, 2.45) is 0 Å². The fourth-order valence-electron chi connectivity index (χ4n) is 3.75. The van der Waals surface area contributed by atoms with Gasteiger partial charge in [0.2, 0.25) is 0 Å². The van der Waals surface area contributed by atoms with Gasteiger partial charge in [0.05, 0.1) is 32.5 Å². The Morgan fingerprint density at radius 2 is 1.88 bits per heavy atom. The van der Waals surface area contributed by atoms with Gasteiger partial charge in [-0.05, 0) is 37.3 Å². The van der Waals surface area contributed by atoms with Crippen LogP contribution in [0.2, 0.25) is 0 Å². The molecule has 0 radical (unpaired) electrons. The molecule has 8 nitrogen and oxygen atoms in total. The molecule has 8 heteroatoms. The van der Waals surface area contributed by atoms with Crippen molar-refractivity contribution in [2.45, 2.75) is 19.5 Å². The lowest BCUT2D eigenvalue weighted by molar-refractivity contribution is 0.0951. The second kappa shape index (κ2) is 10.2. The summed E-state index contributed by atoms with van der Waals surface area (Å²) >= 11 is 0. The third-order valence-electron chi connectivity index (χ3n) is 5.94. The van der Waals surface area contributed by atoms with E-state index in [-0.39, 0.29) is 11.9 Å². The Morgan fingerprint density at radius 1 is 1.09 bits per heavy atom. The van der Waals surface area contributed by atoms with Crippen molar-refractivity contribution in [2.75, 3.05) is 32.7 Å². The number of amides is 1. The molecule has 176 valence electrons. The van der Waals surface area contributed by atoms with E-state index < -0.39 is 0 Å². The Morgan fingerprint density at radius 3 is 2.62 bits per heavy atom. The van der Waals surface area contributed by atoms with Crippen molar-refractivity contribution in [3.8, 4) is 11.5 Å². The summed E-state index contributed by atoms with van der Waals surface area (Å²) in [5, 5.41) is 8.28. The molecule has 4 rings (SSSR count). The van der Waals surface area contributed by atoms with Gasteiger partial charge in [-0.2, -0.15) is 5.10 Å². The number of aromatic nitrogens is 3. The molecule has 0 aliphatic heterocycles. The highest BCUT2D eigenvalue weighted by Gasteiger charge is 2.15. The summed E-state index contributed by atoms with van der Waals surface area (Å²) in [7, 11) is 5.27. The molecule has 0 bridgehead atoms. The second-order valence-corrected chi connectivity index (χ2v) is 8.12. The summed E-state index contributed by atoms with van der Waals surface area (Å²) in [5.74, 6) is 1.28. The smallest absolute Gasteiger partial charge is 0.252 e. The lowest BCUT2D eigenvalue weighted by Crippen LogP contribution is -2.40. The van der Waals surface area contributed by atoms with Crippen LogP contribution in [0.3, 0.4) is 0 Å². The van der Waals surface area contributed by atoms with Crippen molar-refractivity contribution >= 4 is 22.6 Å². The minimum absolute atomic E-state index is 0.130. The minimum atomic E-state index is -0.160. The van der Waals surface area contributed by atoms with Gasteiger partial charge in [0.25, 0.3) is 5.91 Å². The first-order valence-electron chi connectivity index (χ1n) is 11.1. The molecule has 1 amide bonds. The fourth-order valence-corrected chi connectivity index (χ4v) is 3.75. The van der Waals surface area contributed by atoms with Crippen LogP contribution in [0.4, 0.5) is 5.69 Å². The maximum Gasteiger partial charge on any atom is 0.252 e. The number of para-hydroxylation sites is 1. The number of rotatable bonds is 9. The molecule has 0 spiro atoms. The number of nitrogens with one attached hydrogen (secondary N) is 1. The van der Waals surface area contributed by atoms with Gasteiger partial charge in [-0.1, -0.05) is 18.2 Å². The fraction of sp³-hybridized carbons (Fsp3) is 0.269. The Labute approximate surface area is 199 Å². The number of anilines is 1. The van der Waals surface area contributed by atoms with Crippen molar-refractivity contribution < 1.29 is 14.3 Å². The number of methoxy groups -OCH3 is 2. The zero-order chi connectivity index (χ0) is 24.1. The molecule has 0 fully saturated rings. The summed E-state index contributed by atoms with van der Waals surface area (Å²) in [6.45, 7) is 3.07. The van der Waals surface area contributed by atoms with Crippen molar-refractivity contribution in [3.05, 3.63) is 78.1 Å². The Bertz CT molecular complexity index is 1270. The molecular weight excluding hydrogens is 430 g/mol. The topological polar surface area (TPSA) is 81.5 Å². The molecule has 4 aromatic rings. The Kier molecular flexibility index (Phi) is 6.96. The third-order valence-corrected chi connectivity index (χ3v) is 5.94. The molecule has 2 aromatic heterocycles. The monoisotopic (exact) mass is 459 g/mol. The number of likely N-dealkylation sites (N-methyl/N-ethyl adjacent to an activating group) is 1. The van der Waals surface area contributed by atoms with E-state index in [1.165, 1.54) is 0 Å². The van der Waals surface area contributed by atoms with Crippen LogP contribution in [0.5, 0.6) is 11.5 Å². The van der Waals surface area contributed by atoms with Crippen LogP contribution in [0.25, 0.3) is 11.0 Å². The van der Waals surface area contributed by atoms with Crippen LogP contribution in [0.1, 0.15) is 22.8 Å². The number of carbonyl (C=O) groups is 1. The molecule has 34 heavy (non-hydrogen) atoms. The quantitative estimate of drug-likeness (QED) is 0.411. The van der Waals surface area contributed by atoms with E-state index in [0.29, 0.717) is 30.0 Å². The number of carbonyl (C=O) groups excluding carboxylic acids is 1. The van der Waals surface area contributed by atoms with Crippen LogP contribution in [0.15, 0.2) is 67.0 Å². The molecule has 0 aliphatic carbocycles. The van der Waals surface area contributed by atoms with E-state index >= 15 is 0 Å². The largest absolute Gasteiger partial charge is 0.497 e. The molecule has 0 saturated heterocycles. The molecular formula is C26H29N5O3. The molecule has 1 atom stereocenters. The standard InChI is InChI=1S/C26H29N5O3/c1-18(30(2)22-8-6-5-7-9-22)14-28-26(32)21-12-20-16-29-31(25(20)27-15-21)17-19-10-11-23(33-3)13-24(19)34-4/h5-13,15-16,18H,14,17H2,1-4H3,(H,28,32). The number of benzene rings is 2. The van der Waals surface area contributed by atoms with Gasteiger partial charge >= 0.3 is 0 Å². The highest BCUT2D eigenvalue weighted by atomic mass is 16.5. The van der Waals surface area contributed by atoms with Crippen molar-refractivity contribution in [1.82, 2.24) is 20.1 Å². The van der Waals surface area contributed by atoms with Crippen LogP contribution >= 0.6 is 0 Å². The highest BCUT2D eigenvalue weighted by molar-refractivity contribution is 5.96. The van der Waals surface area contributed by atoms with E-state index in [1.54, 1.807) is 31.3 Å². The summed E-state index contributed by atoms with van der Waals surface area (Å²) < 4.78 is 12.5. The van der Waals surface area contributed by atoms with E-state index in [2.05, 4.69) is 39.4 Å². The summed E-state index contributed by atoms with van der Waals surface area (Å²) in [6.07, 6.45) is 3.31. The van der Waals surface area contributed by atoms with E-state index in [0.717, 1.165) is 22.4 Å². The molecule has 1 N–H and O–H groups in total. The van der Waals surface area contributed by atoms with Crippen LogP contribution in [0, 0.1) is 0 Å². The van der Waals surface area contributed by atoms with E-state index in [9.17, 15) is 4.79 Å². The van der Waals surface area contributed by atoms with Gasteiger partial charge in [0, 0.05) is 48.5 Å². The average Bonchev–Trinajstić information content (AvgIpc) is 3.29. The first-order chi connectivity index (χ1) is 16.5. The Balaban J connectivity index is 1.44. The number of pyridine rings is 1. The Hall–Kier alpha value is -4.07. The number of hydrogen-bond acceptors (Lipinski definition) is 6. The summed E-state index contributed by atoms with van der Waals surface area (Å²) in [4.78, 5) is 19.4. The van der Waals surface area contributed by atoms with E-state index in [4.69, 9.17) is 9.47 Å². The molecule has 2 heterocycles. The van der Waals surface area contributed by atoms with Crippen LogP contribution in [-0.4, -0.2) is 54.5 Å². The molecule has 2 aromatic carbocycles. The number of fused-ring (bicyclic) bond motifs is 1.